The van der Waals surface area contributed by atoms with E-state index in [0.717, 1.165) is 5.56 Å². The van der Waals surface area contributed by atoms with Gasteiger partial charge in [0.25, 0.3) is 0 Å². The monoisotopic (exact) mass is 360 g/mol. The Kier molecular flexibility index (Phi) is 5.24. The molecule has 0 bridgehead atoms. The Labute approximate surface area is 143 Å². The predicted molar refractivity (Wildman–Crippen MR) is 91.3 cm³/mol. The number of hydrogen-bond acceptors (Lipinski definition) is 2. The minimum atomic E-state index is -4.37. The number of hydrogen-bond donors (Lipinski definition) is 0. The summed E-state index contributed by atoms with van der Waals surface area (Å²) in [5.74, 6) is 0. The first kappa shape index (κ1) is 19.5. The van der Waals surface area contributed by atoms with Gasteiger partial charge < -0.3 is 9.16 Å². The zero-order chi connectivity index (χ0) is 18.2. The molecule has 0 atom stereocenters. The van der Waals surface area contributed by atoms with Gasteiger partial charge >= 0.3 is 6.18 Å². The molecule has 24 heavy (non-hydrogen) atoms. The molecule has 136 valence electrons. The summed E-state index contributed by atoms with van der Waals surface area (Å²) in [6.07, 6.45) is -5.00. The molecule has 6 heteroatoms. The largest absolute Gasteiger partial charge is 0.416 e. The predicted octanol–water partition coefficient (Wildman–Crippen LogP) is 5.69. The van der Waals surface area contributed by atoms with E-state index in [-0.39, 0.29) is 17.9 Å². The Morgan fingerprint density at radius 3 is 2.08 bits per heavy atom. The maximum Gasteiger partial charge on any atom is 0.416 e. The van der Waals surface area contributed by atoms with E-state index in [1.807, 2.05) is 64.2 Å². The lowest BCUT2D eigenvalue weighted by molar-refractivity contribution is -0.304. The highest BCUT2D eigenvalue weighted by molar-refractivity contribution is 6.74. The average molecular weight is 360 g/mol. The molecule has 0 radical (unpaired) electrons. The fraction of sp³-hybridized carbons (Fsp3) is 0.667. The molecule has 1 aromatic carbocycles. The second kappa shape index (κ2) is 6.46. The van der Waals surface area contributed by atoms with Crippen molar-refractivity contribution in [3.8, 4) is 0 Å². The summed E-state index contributed by atoms with van der Waals surface area (Å²) in [6, 6.07) is 9.48. The topological polar surface area (TPSA) is 18.5 Å². The number of alkyl halides is 3. The minimum Gasteiger partial charge on any atom is -0.403 e. The molecule has 1 aliphatic carbocycles. The molecule has 0 unspecified atom stereocenters. The van der Waals surface area contributed by atoms with Gasteiger partial charge in [-0.3, -0.25) is 0 Å². The first-order valence-electron chi connectivity index (χ1n) is 8.29. The lowest BCUT2D eigenvalue weighted by Crippen LogP contribution is -2.64. The van der Waals surface area contributed by atoms with E-state index in [1.54, 1.807) is 0 Å². The molecule has 0 spiro atoms. The van der Waals surface area contributed by atoms with Crippen molar-refractivity contribution in [2.24, 2.45) is 0 Å². The van der Waals surface area contributed by atoms with Crippen LogP contribution in [0.25, 0.3) is 0 Å². The summed E-state index contributed by atoms with van der Waals surface area (Å²) in [5.41, 5.74) is -1.08. The molecule has 0 aliphatic heterocycles. The molecule has 1 aliphatic rings. The maximum atomic E-state index is 13.7. The van der Waals surface area contributed by atoms with Gasteiger partial charge in [-0.1, -0.05) is 51.1 Å². The maximum absolute atomic E-state index is 13.7. The van der Waals surface area contributed by atoms with E-state index < -0.39 is 26.2 Å². The van der Waals surface area contributed by atoms with Crippen molar-refractivity contribution in [1.29, 1.82) is 0 Å². The molecule has 1 saturated carbocycles. The van der Waals surface area contributed by atoms with Gasteiger partial charge in [0.2, 0.25) is 0 Å². The van der Waals surface area contributed by atoms with Crippen LogP contribution >= 0.6 is 0 Å². The lowest BCUT2D eigenvalue weighted by atomic mass is 9.77. The molecule has 0 aromatic heterocycles. The Morgan fingerprint density at radius 2 is 1.62 bits per heavy atom. The summed E-state index contributed by atoms with van der Waals surface area (Å²) in [7, 11) is -2.51. The molecule has 0 N–H and O–H groups in total. The summed E-state index contributed by atoms with van der Waals surface area (Å²) in [6.45, 7) is 9.90. The molecule has 2 rings (SSSR count). The van der Waals surface area contributed by atoms with Crippen LogP contribution in [0.5, 0.6) is 0 Å². The Morgan fingerprint density at radius 1 is 1.08 bits per heavy atom. The van der Waals surface area contributed by atoms with Crippen LogP contribution in [0.4, 0.5) is 13.2 Å². The van der Waals surface area contributed by atoms with Crippen molar-refractivity contribution in [2.75, 3.05) is 0 Å². The zero-order valence-corrected chi connectivity index (χ0v) is 16.0. The molecule has 1 fully saturated rings. The number of ether oxygens (including phenoxy) is 1. The van der Waals surface area contributed by atoms with Crippen LogP contribution in [0, 0.1) is 0 Å². The van der Waals surface area contributed by atoms with Crippen molar-refractivity contribution in [2.45, 2.75) is 76.2 Å². The molecule has 2 nitrogen and oxygen atoms in total. The quantitative estimate of drug-likeness (QED) is 0.628. The number of halogens is 3. The lowest BCUT2D eigenvalue weighted by Gasteiger charge is -2.53. The highest BCUT2D eigenvalue weighted by Gasteiger charge is 2.66. The second-order valence-electron chi connectivity index (χ2n) is 8.18. The van der Waals surface area contributed by atoms with Crippen LogP contribution in [-0.2, 0) is 15.8 Å². The van der Waals surface area contributed by atoms with Crippen molar-refractivity contribution in [3.63, 3.8) is 0 Å². The van der Waals surface area contributed by atoms with Gasteiger partial charge in [0.1, 0.15) is 0 Å². The van der Waals surface area contributed by atoms with E-state index in [0.29, 0.717) is 6.61 Å². The smallest absolute Gasteiger partial charge is 0.403 e. The van der Waals surface area contributed by atoms with Gasteiger partial charge in [-0.25, -0.2) is 0 Å². The van der Waals surface area contributed by atoms with E-state index in [9.17, 15) is 13.2 Å². The Bertz CT molecular complexity index is 544. The molecule has 0 saturated heterocycles. The molecular weight excluding hydrogens is 333 g/mol. The van der Waals surface area contributed by atoms with Crippen LogP contribution in [0.2, 0.25) is 18.1 Å². The Balaban J connectivity index is 2.01. The fourth-order valence-electron chi connectivity index (χ4n) is 2.60. The highest BCUT2D eigenvalue weighted by Crippen LogP contribution is 2.53. The van der Waals surface area contributed by atoms with E-state index in [2.05, 4.69) is 0 Å². The second-order valence-corrected chi connectivity index (χ2v) is 12.9. The van der Waals surface area contributed by atoms with Crippen LogP contribution in [0.15, 0.2) is 30.3 Å². The van der Waals surface area contributed by atoms with Gasteiger partial charge in [0.05, 0.1) is 12.7 Å². The fourth-order valence-corrected chi connectivity index (χ4v) is 4.16. The van der Waals surface area contributed by atoms with Crippen LogP contribution < -0.4 is 0 Å². The van der Waals surface area contributed by atoms with Crippen molar-refractivity contribution in [1.82, 2.24) is 0 Å². The van der Waals surface area contributed by atoms with Gasteiger partial charge in [0, 0.05) is 12.8 Å². The van der Waals surface area contributed by atoms with Crippen LogP contribution in [0.1, 0.15) is 39.2 Å². The molecule has 1 aromatic rings. The third-order valence-electron chi connectivity index (χ3n) is 5.22. The summed E-state index contributed by atoms with van der Waals surface area (Å²) in [4.78, 5) is 0. The third-order valence-corrected chi connectivity index (χ3v) is 9.73. The van der Waals surface area contributed by atoms with E-state index in [1.165, 1.54) is 0 Å². The SMILES string of the molecule is CC(C)(C)[Si](C)(C)OC1(C(F)(F)F)CC(OCc2ccccc2)C1. The van der Waals surface area contributed by atoms with Crippen molar-refractivity contribution >= 4 is 8.32 Å². The van der Waals surface area contributed by atoms with Crippen molar-refractivity contribution in [3.05, 3.63) is 35.9 Å². The summed E-state index contributed by atoms with van der Waals surface area (Å²) in [5, 5.41) is -0.263. The van der Waals surface area contributed by atoms with Gasteiger partial charge in [-0.2, -0.15) is 13.2 Å². The number of benzene rings is 1. The average Bonchev–Trinajstić information content (AvgIpc) is 2.39. The molecular formula is C18H27F3O2Si. The molecule has 0 heterocycles. The minimum absolute atomic E-state index is 0.115. The van der Waals surface area contributed by atoms with Gasteiger partial charge in [-0.05, 0) is 23.7 Å². The van der Waals surface area contributed by atoms with E-state index >= 15 is 0 Å². The van der Waals surface area contributed by atoms with E-state index in [4.69, 9.17) is 9.16 Å². The molecule has 0 amide bonds. The van der Waals surface area contributed by atoms with Crippen molar-refractivity contribution < 1.29 is 22.3 Å². The zero-order valence-electron chi connectivity index (χ0n) is 15.0. The highest BCUT2D eigenvalue weighted by atomic mass is 28.4. The first-order valence-corrected chi connectivity index (χ1v) is 11.2. The first-order chi connectivity index (χ1) is 10.9. The normalized spacial score (nSPS) is 25.4. The van der Waals surface area contributed by atoms with Gasteiger partial charge in [0.15, 0.2) is 13.9 Å². The Hall–Kier alpha value is -0.853. The standard InChI is InChI=1S/C18H27F3O2Si/c1-16(2,3)24(4,5)23-17(18(19,20)21)11-15(12-17)22-13-14-9-7-6-8-10-14/h6-10,15H,11-13H2,1-5H3. The summed E-state index contributed by atoms with van der Waals surface area (Å²) < 4.78 is 52.4. The summed E-state index contributed by atoms with van der Waals surface area (Å²) >= 11 is 0. The third kappa shape index (κ3) is 4.03. The number of rotatable bonds is 5. The van der Waals surface area contributed by atoms with Crippen LogP contribution in [-0.4, -0.2) is 26.2 Å². The van der Waals surface area contributed by atoms with Crippen LogP contribution in [0.3, 0.4) is 0 Å². The van der Waals surface area contributed by atoms with Gasteiger partial charge in [-0.15, -0.1) is 0 Å².